The molecule has 16 heavy (non-hydrogen) atoms. The van der Waals surface area contributed by atoms with Crippen molar-refractivity contribution in [2.45, 2.75) is 19.4 Å². The Hall–Kier alpha value is -2.18. The Morgan fingerprint density at radius 1 is 1.75 bits per heavy atom. The van der Waals surface area contributed by atoms with E-state index in [2.05, 4.69) is 10.3 Å². The molecule has 0 amide bonds. The Balaban J connectivity index is 2.95. The number of hydrogen-bond donors (Lipinski definition) is 2. The molecule has 7 heteroatoms. The molecule has 0 aliphatic carbocycles. The molecule has 0 radical (unpaired) electrons. The summed E-state index contributed by atoms with van der Waals surface area (Å²) < 4.78 is 0. The molecule has 1 heterocycles. The molecule has 1 atom stereocenters. The molecule has 0 fully saturated rings. The van der Waals surface area contributed by atoms with Crippen molar-refractivity contribution >= 4 is 17.5 Å². The van der Waals surface area contributed by atoms with Gasteiger partial charge in [0.15, 0.2) is 0 Å². The number of anilines is 1. The van der Waals surface area contributed by atoms with Crippen LogP contribution in [-0.4, -0.2) is 27.0 Å². The van der Waals surface area contributed by atoms with Gasteiger partial charge in [0.1, 0.15) is 6.04 Å². The normalized spacial score (nSPS) is 11.8. The second kappa shape index (κ2) is 5.06. The van der Waals surface area contributed by atoms with Crippen molar-refractivity contribution in [1.82, 2.24) is 4.98 Å². The fourth-order valence-electron chi connectivity index (χ4n) is 1.16. The summed E-state index contributed by atoms with van der Waals surface area (Å²) in [6.45, 7) is 1.67. The van der Waals surface area contributed by atoms with Gasteiger partial charge in [-0.25, -0.2) is 9.78 Å². The number of pyridine rings is 1. The van der Waals surface area contributed by atoms with Gasteiger partial charge in [0.2, 0.25) is 5.82 Å². The SMILES string of the molecule is CCC(Nc1ncccc1[N+](=O)[O-])C(=O)O. The van der Waals surface area contributed by atoms with E-state index in [-0.39, 0.29) is 11.5 Å². The number of nitro groups is 1. The molecule has 86 valence electrons. The van der Waals surface area contributed by atoms with Crippen molar-refractivity contribution < 1.29 is 14.8 Å². The molecule has 0 aromatic carbocycles. The minimum Gasteiger partial charge on any atom is -0.480 e. The second-order valence-corrected chi connectivity index (χ2v) is 3.07. The van der Waals surface area contributed by atoms with E-state index in [1.807, 2.05) is 0 Å². The quantitative estimate of drug-likeness (QED) is 0.577. The van der Waals surface area contributed by atoms with Gasteiger partial charge >= 0.3 is 11.7 Å². The van der Waals surface area contributed by atoms with Crippen molar-refractivity contribution in [1.29, 1.82) is 0 Å². The van der Waals surface area contributed by atoms with Gasteiger partial charge in [0.05, 0.1) is 4.92 Å². The Bertz CT molecular complexity index is 407. The van der Waals surface area contributed by atoms with Gasteiger partial charge < -0.3 is 10.4 Å². The minimum atomic E-state index is -1.07. The molecule has 1 rings (SSSR count). The minimum absolute atomic E-state index is 0.0262. The second-order valence-electron chi connectivity index (χ2n) is 3.07. The zero-order valence-corrected chi connectivity index (χ0v) is 8.58. The van der Waals surface area contributed by atoms with Crippen molar-refractivity contribution in [2.24, 2.45) is 0 Å². The maximum absolute atomic E-state index is 10.8. The summed E-state index contributed by atoms with van der Waals surface area (Å²) in [6.07, 6.45) is 1.67. The highest BCUT2D eigenvalue weighted by Crippen LogP contribution is 2.21. The maximum Gasteiger partial charge on any atom is 0.326 e. The van der Waals surface area contributed by atoms with Crippen LogP contribution in [0.3, 0.4) is 0 Å². The standard InChI is InChI=1S/C9H11N3O4/c1-2-6(9(13)14)11-8-7(12(15)16)4-3-5-10-8/h3-6H,2H2,1H3,(H,10,11)(H,13,14). The number of aliphatic carboxylic acids is 1. The fraction of sp³-hybridized carbons (Fsp3) is 0.333. The molecule has 0 spiro atoms. The van der Waals surface area contributed by atoms with Gasteiger partial charge in [0, 0.05) is 12.3 Å². The summed E-state index contributed by atoms with van der Waals surface area (Å²) in [6, 6.07) is 1.81. The van der Waals surface area contributed by atoms with E-state index in [1.165, 1.54) is 18.3 Å². The maximum atomic E-state index is 10.8. The van der Waals surface area contributed by atoms with E-state index in [9.17, 15) is 14.9 Å². The van der Waals surface area contributed by atoms with E-state index < -0.39 is 16.9 Å². The Morgan fingerprint density at radius 3 is 2.94 bits per heavy atom. The van der Waals surface area contributed by atoms with Crippen LogP contribution in [0.4, 0.5) is 11.5 Å². The van der Waals surface area contributed by atoms with E-state index in [0.717, 1.165) is 0 Å². The number of hydrogen-bond acceptors (Lipinski definition) is 5. The number of nitrogens with zero attached hydrogens (tertiary/aromatic N) is 2. The molecule has 0 aliphatic rings. The third-order valence-corrected chi connectivity index (χ3v) is 2.00. The first-order valence-electron chi connectivity index (χ1n) is 4.65. The lowest BCUT2D eigenvalue weighted by molar-refractivity contribution is -0.384. The summed E-state index contributed by atoms with van der Waals surface area (Å²) in [5, 5.41) is 22.0. The average molecular weight is 225 g/mol. The van der Waals surface area contributed by atoms with Gasteiger partial charge in [-0.1, -0.05) is 6.92 Å². The van der Waals surface area contributed by atoms with Crippen LogP contribution in [0.1, 0.15) is 13.3 Å². The molecular formula is C9H11N3O4. The van der Waals surface area contributed by atoms with Crippen LogP contribution in [0.25, 0.3) is 0 Å². The van der Waals surface area contributed by atoms with Crippen molar-refractivity contribution in [3.8, 4) is 0 Å². The summed E-state index contributed by atoms with van der Waals surface area (Å²) in [5.41, 5.74) is -0.234. The van der Waals surface area contributed by atoms with Crippen molar-refractivity contribution in [2.75, 3.05) is 5.32 Å². The van der Waals surface area contributed by atoms with Gasteiger partial charge in [-0.3, -0.25) is 10.1 Å². The lowest BCUT2D eigenvalue weighted by Gasteiger charge is -2.12. The summed E-state index contributed by atoms with van der Waals surface area (Å²) in [5.74, 6) is -1.09. The van der Waals surface area contributed by atoms with Crippen LogP contribution < -0.4 is 5.32 Å². The van der Waals surface area contributed by atoms with E-state index >= 15 is 0 Å². The predicted molar refractivity (Wildman–Crippen MR) is 56.2 cm³/mol. The van der Waals surface area contributed by atoms with Gasteiger partial charge in [-0.2, -0.15) is 0 Å². The van der Waals surface area contributed by atoms with E-state index in [4.69, 9.17) is 5.11 Å². The molecule has 0 saturated carbocycles. The highest BCUT2D eigenvalue weighted by molar-refractivity contribution is 5.77. The molecular weight excluding hydrogens is 214 g/mol. The van der Waals surface area contributed by atoms with Crippen molar-refractivity contribution in [3.63, 3.8) is 0 Å². The number of aromatic nitrogens is 1. The number of nitrogens with one attached hydrogen (secondary N) is 1. The Kier molecular flexibility index (Phi) is 3.76. The third-order valence-electron chi connectivity index (χ3n) is 2.00. The predicted octanol–water partition coefficient (Wildman–Crippen LogP) is 1.26. The molecule has 7 nitrogen and oxygen atoms in total. The highest BCUT2D eigenvalue weighted by Gasteiger charge is 2.20. The summed E-state index contributed by atoms with van der Waals surface area (Å²) in [7, 11) is 0. The molecule has 0 bridgehead atoms. The zero-order chi connectivity index (χ0) is 12.1. The smallest absolute Gasteiger partial charge is 0.326 e. The lowest BCUT2D eigenvalue weighted by atomic mass is 10.2. The van der Waals surface area contributed by atoms with Crippen LogP contribution in [0, 0.1) is 10.1 Å². The third kappa shape index (κ3) is 2.66. The lowest BCUT2D eigenvalue weighted by Crippen LogP contribution is -2.29. The van der Waals surface area contributed by atoms with Gasteiger partial charge in [-0.15, -0.1) is 0 Å². The number of carbonyl (C=O) groups is 1. The van der Waals surface area contributed by atoms with Crippen LogP contribution in [0.15, 0.2) is 18.3 Å². The first kappa shape index (κ1) is 11.9. The molecule has 0 saturated heterocycles. The number of carboxylic acid groups (broad SMARTS) is 1. The highest BCUT2D eigenvalue weighted by atomic mass is 16.6. The monoisotopic (exact) mass is 225 g/mol. The van der Waals surface area contributed by atoms with E-state index in [1.54, 1.807) is 6.92 Å². The van der Waals surface area contributed by atoms with Gasteiger partial charge in [-0.05, 0) is 12.5 Å². The number of carboxylic acids is 1. The van der Waals surface area contributed by atoms with Crippen molar-refractivity contribution in [3.05, 3.63) is 28.4 Å². The topological polar surface area (TPSA) is 105 Å². The molecule has 1 aromatic heterocycles. The van der Waals surface area contributed by atoms with E-state index in [0.29, 0.717) is 6.42 Å². The van der Waals surface area contributed by atoms with Crippen LogP contribution in [0.2, 0.25) is 0 Å². The van der Waals surface area contributed by atoms with Gasteiger partial charge in [0.25, 0.3) is 0 Å². The molecule has 1 unspecified atom stereocenters. The molecule has 1 aromatic rings. The van der Waals surface area contributed by atoms with Crippen LogP contribution in [0.5, 0.6) is 0 Å². The summed E-state index contributed by atoms with van der Waals surface area (Å²) in [4.78, 5) is 24.5. The molecule has 2 N–H and O–H groups in total. The Labute approximate surface area is 91.3 Å². The average Bonchev–Trinajstić information content (AvgIpc) is 2.25. The van der Waals surface area contributed by atoms with Crippen LogP contribution in [-0.2, 0) is 4.79 Å². The Morgan fingerprint density at radius 2 is 2.44 bits per heavy atom. The molecule has 0 aliphatic heterocycles. The first-order valence-corrected chi connectivity index (χ1v) is 4.65. The number of rotatable bonds is 5. The largest absolute Gasteiger partial charge is 0.480 e. The summed E-state index contributed by atoms with van der Waals surface area (Å²) >= 11 is 0. The zero-order valence-electron chi connectivity index (χ0n) is 8.58. The van der Waals surface area contributed by atoms with Crippen LogP contribution >= 0.6 is 0 Å². The fourth-order valence-corrected chi connectivity index (χ4v) is 1.16. The first-order chi connectivity index (χ1) is 7.56.